The molecule has 1 heterocycles. The molecule has 10 heteroatoms. The van der Waals surface area contributed by atoms with Gasteiger partial charge in [0.15, 0.2) is 0 Å². The van der Waals surface area contributed by atoms with Crippen LogP contribution in [0.5, 0.6) is 11.5 Å². The van der Waals surface area contributed by atoms with Crippen molar-refractivity contribution in [2.45, 2.75) is 12.3 Å². The highest BCUT2D eigenvalue weighted by atomic mass is 19.3. The average Bonchev–Trinajstić information content (AvgIpc) is 3.03. The number of carboxylic acids is 1. The molecule has 0 saturated carbocycles. The minimum atomic E-state index is -3.56. The fraction of sp³-hybridized carbons (Fsp3) is 0.179. The van der Waals surface area contributed by atoms with E-state index >= 15 is 8.78 Å². The Labute approximate surface area is 216 Å². The van der Waals surface area contributed by atoms with E-state index in [1.165, 1.54) is 50.6 Å². The number of anilines is 2. The van der Waals surface area contributed by atoms with Crippen molar-refractivity contribution in [1.82, 2.24) is 0 Å². The molecule has 0 unspecified atom stereocenters. The second-order valence-corrected chi connectivity index (χ2v) is 8.38. The van der Waals surface area contributed by atoms with E-state index in [1.54, 1.807) is 30.3 Å². The highest BCUT2D eigenvalue weighted by Gasteiger charge is 2.43. The van der Waals surface area contributed by atoms with Crippen LogP contribution >= 0.6 is 0 Å². The summed E-state index contributed by atoms with van der Waals surface area (Å²) in [4.78, 5) is 38.4. The molecule has 0 aromatic heterocycles. The first-order valence-electron chi connectivity index (χ1n) is 11.5. The summed E-state index contributed by atoms with van der Waals surface area (Å²) in [5.74, 6) is -6.38. The molecule has 3 aromatic carbocycles. The molecule has 196 valence electrons. The molecule has 0 spiro atoms. The minimum absolute atomic E-state index is 0.0459. The van der Waals surface area contributed by atoms with Crippen LogP contribution in [0.25, 0.3) is 5.57 Å². The summed E-state index contributed by atoms with van der Waals surface area (Å²) in [5.41, 5.74) is -1.28. The number of Topliss-reactive ketones (excluding diaryl/α,β-unsaturated/α-hetero) is 1. The number of allylic oxidation sites excluding steroid dienone is 1. The number of alkyl halides is 2. The zero-order valence-electron chi connectivity index (χ0n) is 20.5. The number of benzene rings is 3. The summed E-state index contributed by atoms with van der Waals surface area (Å²) in [6, 6.07) is 16.2. The number of halogens is 2. The topological polar surface area (TPSA) is 114 Å². The Morgan fingerprint density at radius 2 is 1.55 bits per heavy atom. The Bertz CT molecular complexity index is 1410. The third kappa shape index (κ3) is 5.06. The van der Waals surface area contributed by atoms with Crippen LogP contribution in [0.2, 0.25) is 0 Å². The zero-order valence-corrected chi connectivity index (χ0v) is 20.5. The van der Waals surface area contributed by atoms with Crippen LogP contribution in [0.1, 0.15) is 32.7 Å². The second kappa shape index (κ2) is 10.7. The molecule has 0 atom stereocenters. The Balaban J connectivity index is 1.69. The fourth-order valence-electron chi connectivity index (χ4n) is 4.28. The third-order valence-corrected chi connectivity index (χ3v) is 6.07. The van der Waals surface area contributed by atoms with Gasteiger partial charge in [-0.3, -0.25) is 9.59 Å². The van der Waals surface area contributed by atoms with Gasteiger partial charge in [-0.2, -0.15) is 0 Å². The number of rotatable bonds is 7. The summed E-state index contributed by atoms with van der Waals surface area (Å²) < 4.78 is 40.9. The maximum Gasteiger partial charge on any atom is 0.340 e. The number of amides is 1. The Morgan fingerprint density at radius 3 is 2.16 bits per heavy atom. The highest BCUT2D eigenvalue weighted by molar-refractivity contribution is 6.29. The van der Waals surface area contributed by atoms with Crippen molar-refractivity contribution in [1.29, 1.82) is 0 Å². The van der Waals surface area contributed by atoms with Crippen LogP contribution in [-0.2, 0) is 4.79 Å². The Morgan fingerprint density at radius 1 is 0.921 bits per heavy atom. The van der Waals surface area contributed by atoms with Gasteiger partial charge in [0.25, 0.3) is 11.8 Å². The first-order valence-corrected chi connectivity index (χ1v) is 11.5. The minimum Gasteiger partial charge on any atom is -0.496 e. The third-order valence-electron chi connectivity index (χ3n) is 6.07. The van der Waals surface area contributed by atoms with Crippen LogP contribution < -0.4 is 20.1 Å². The average molecular weight is 523 g/mol. The Kier molecular flexibility index (Phi) is 7.43. The number of carboxylic acid groups (broad SMARTS) is 1. The van der Waals surface area contributed by atoms with E-state index in [2.05, 4.69) is 10.6 Å². The van der Waals surface area contributed by atoms with E-state index in [0.717, 1.165) is 0 Å². The standard InChI is InChI=1S/C28H24F2N2O6/c1-37-20-8-5-9-21(38-2)22(20)26(34)32-17-12-10-16(11-13-17)25(33)23(27(35)36)24-18-6-3-4-7-19(18)31-15-14-28(24,29)30/h3-13,31H,14-15H2,1-2H3,(H,32,34)(H,35,36). The maximum absolute atomic E-state index is 15.2. The van der Waals surface area contributed by atoms with Gasteiger partial charge in [0.05, 0.1) is 14.2 Å². The molecule has 4 rings (SSSR count). The van der Waals surface area contributed by atoms with Crippen LogP contribution in [0.4, 0.5) is 20.2 Å². The lowest BCUT2D eigenvalue weighted by Crippen LogP contribution is -2.26. The van der Waals surface area contributed by atoms with Crippen molar-refractivity contribution in [3.05, 3.63) is 89.0 Å². The van der Waals surface area contributed by atoms with E-state index in [0.29, 0.717) is 5.69 Å². The van der Waals surface area contributed by atoms with Crippen molar-refractivity contribution < 1.29 is 37.7 Å². The molecule has 1 aliphatic heterocycles. The number of fused-ring (bicyclic) bond motifs is 1. The van der Waals surface area contributed by atoms with Crippen molar-refractivity contribution in [2.24, 2.45) is 0 Å². The molecule has 0 aliphatic carbocycles. The largest absolute Gasteiger partial charge is 0.496 e. The van der Waals surface area contributed by atoms with Gasteiger partial charge in [-0.25, -0.2) is 13.6 Å². The molecule has 0 saturated heterocycles. The molecule has 38 heavy (non-hydrogen) atoms. The van der Waals surface area contributed by atoms with E-state index in [1.807, 2.05) is 0 Å². The Hall–Kier alpha value is -4.73. The second-order valence-electron chi connectivity index (χ2n) is 8.38. The van der Waals surface area contributed by atoms with Crippen LogP contribution in [0.15, 0.2) is 72.3 Å². The molecular formula is C28H24F2N2O6. The monoisotopic (exact) mass is 522 g/mol. The maximum atomic E-state index is 15.2. The van der Waals surface area contributed by atoms with E-state index in [4.69, 9.17) is 9.47 Å². The quantitative estimate of drug-likeness (QED) is 0.171. The first kappa shape index (κ1) is 26.3. The zero-order chi connectivity index (χ0) is 27.4. The van der Waals surface area contributed by atoms with Crippen LogP contribution in [0, 0.1) is 0 Å². The SMILES string of the molecule is COc1cccc(OC)c1C(=O)Nc1ccc(C(=O)C(C(=O)O)=C2c3ccccc3NCCC2(F)F)cc1. The highest BCUT2D eigenvalue weighted by Crippen LogP contribution is 2.43. The summed E-state index contributed by atoms with van der Waals surface area (Å²) in [5, 5.41) is 15.4. The number of nitrogens with one attached hydrogen (secondary N) is 2. The van der Waals surface area contributed by atoms with E-state index in [9.17, 15) is 19.5 Å². The van der Waals surface area contributed by atoms with E-state index in [-0.39, 0.29) is 40.4 Å². The van der Waals surface area contributed by atoms with Gasteiger partial charge in [-0.05, 0) is 42.5 Å². The van der Waals surface area contributed by atoms with Crippen LogP contribution in [0.3, 0.4) is 0 Å². The molecule has 1 aliphatic rings. The van der Waals surface area contributed by atoms with E-state index < -0.39 is 41.1 Å². The van der Waals surface area contributed by atoms with Gasteiger partial charge < -0.3 is 25.2 Å². The molecule has 0 radical (unpaired) electrons. The molecule has 3 aromatic rings. The van der Waals surface area contributed by atoms with Crippen molar-refractivity contribution in [3.8, 4) is 11.5 Å². The predicted molar refractivity (Wildman–Crippen MR) is 137 cm³/mol. The number of hydrogen-bond acceptors (Lipinski definition) is 6. The number of methoxy groups -OCH3 is 2. The fourth-order valence-corrected chi connectivity index (χ4v) is 4.28. The number of carbonyl (C=O) groups excluding carboxylic acids is 2. The van der Waals surface area contributed by atoms with Gasteiger partial charge >= 0.3 is 5.97 Å². The molecule has 0 fully saturated rings. The first-order chi connectivity index (χ1) is 18.2. The summed E-state index contributed by atoms with van der Waals surface area (Å²) in [6.45, 7) is -0.0972. The van der Waals surface area contributed by atoms with Crippen molar-refractivity contribution in [2.75, 3.05) is 31.4 Å². The number of ketones is 1. The van der Waals surface area contributed by atoms with Gasteiger partial charge in [-0.15, -0.1) is 0 Å². The number of aliphatic carboxylic acids is 1. The predicted octanol–water partition coefficient (Wildman–Crippen LogP) is 5.13. The molecular weight excluding hydrogens is 498 g/mol. The molecule has 0 bridgehead atoms. The van der Waals surface area contributed by atoms with Gasteiger partial charge in [-0.1, -0.05) is 24.3 Å². The molecule has 8 nitrogen and oxygen atoms in total. The molecule has 1 amide bonds. The number of para-hydroxylation sites is 1. The lowest BCUT2D eigenvalue weighted by atomic mass is 9.88. The number of carbonyl (C=O) groups is 3. The summed E-state index contributed by atoms with van der Waals surface area (Å²) in [6.07, 6.45) is -0.682. The van der Waals surface area contributed by atoms with Gasteiger partial charge in [0.1, 0.15) is 22.6 Å². The molecule has 3 N–H and O–H groups in total. The summed E-state index contributed by atoms with van der Waals surface area (Å²) in [7, 11) is 2.82. The van der Waals surface area contributed by atoms with Crippen molar-refractivity contribution in [3.63, 3.8) is 0 Å². The smallest absolute Gasteiger partial charge is 0.340 e. The normalized spacial score (nSPS) is 15.3. The lowest BCUT2D eigenvalue weighted by molar-refractivity contribution is -0.132. The number of hydrogen-bond donors (Lipinski definition) is 3. The lowest BCUT2D eigenvalue weighted by Gasteiger charge is -2.20. The van der Waals surface area contributed by atoms with Crippen molar-refractivity contribution >= 4 is 34.6 Å². The van der Waals surface area contributed by atoms with Gasteiger partial charge in [0, 0.05) is 41.0 Å². The summed E-state index contributed by atoms with van der Waals surface area (Å²) >= 11 is 0. The van der Waals surface area contributed by atoms with Crippen LogP contribution in [-0.4, -0.2) is 49.5 Å². The van der Waals surface area contributed by atoms with Gasteiger partial charge in [0.2, 0.25) is 5.78 Å². The number of ether oxygens (including phenoxy) is 2.